The van der Waals surface area contributed by atoms with Crippen molar-refractivity contribution in [1.82, 2.24) is 0 Å². The minimum Gasteiger partial charge on any atom is -0.423 e. The molecule has 0 aliphatic rings. The molecule has 0 saturated heterocycles. The molecule has 9 heteroatoms. The van der Waals surface area contributed by atoms with E-state index in [1.54, 1.807) is 12.1 Å². The lowest BCUT2D eigenvalue weighted by atomic mass is 10.1. The van der Waals surface area contributed by atoms with Crippen molar-refractivity contribution in [1.29, 1.82) is 0 Å². The first-order valence-corrected chi connectivity index (χ1v) is 13.5. The monoisotopic (exact) mass is 490 g/mol. The van der Waals surface area contributed by atoms with Gasteiger partial charge in [0, 0.05) is 0 Å². The maximum Gasteiger partial charge on any atom is 0.436 e. The van der Waals surface area contributed by atoms with Gasteiger partial charge in [-0.05, 0) is 61.1 Å². The quantitative estimate of drug-likeness (QED) is 0.206. The van der Waals surface area contributed by atoms with Crippen molar-refractivity contribution in [3.8, 4) is 11.5 Å². The fourth-order valence-electron chi connectivity index (χ4n) is 3.17. The van der Waals surface area contributed by atoms with Gasteiger partial charge in [0.2, 0.25) is 0 Å². The van der Waals surface area contributed by atoms with Crippen molar-refractivity contribution in [2.45, 2.75) is 75.0 Å². The smallest absolute Gasteiger partial charge is 0.423 e. The van der Waals surface area contributed by atoms with Crippen LogP contribution in [0.3, 0.4) is 0 Å². The first kappa shape index (κ1) is 26.3. The standard InChI is InChI=1S/C22H30F2O4P2S/c1-3-5-7-9-17-11-13-19(27-29(23)25)21(15-17)31-22-16-18(10-8-6-4-2)12-14-20(22)28-30(24)26/h11-16,25-26H,3-10H2,1-2H3. The van der Waals surface area contributed by atoms with Gasteiger partial charge in [0.1, 0.15) is 11.5 Å². The molecule has 0 aromatic heterocycles. The number of benzene rings is 2. The number of aryl methyl sites for hydroxylation is 2. The average Bonchev–Trinajstić information content (AvgIpc) is 2.71. The van der Waals surface area contributed by atoms with Gasteiger partial charge in [0.05, 0.1) is 9.79 Å². The van der Waals surface area contributed by atoms with Crippen LogP contribution >= 0.6 is 29.1 Å². The van der Waals surface area contributed by atoms with E-state index >= 15 is 0 Å². The fourth-order valence-corrected chi connectivity index (χ4v) is 5.01. The molecule has 2 rings (SSSR count). The second-order valence-corrected chi connectivity index (χ2v) is 9.57. The molecule has 2 atom stereocenters. The minimum absolute atomic E-state index is 0.217. The third kappa shape index (κ3) is 9.59. The molecule has 0 amide bonds. The zero-order valence-electron chi connectivity index (χ0n) is 17.9. The van der Waals surface area contributed by atoms with Gasteiger partial charge in [-0.1, -0.05) is 63.4 Å². The van der Waals surface area contributed by atoms with Crippen molar-refractivity contribution in [3.63, 3.8) is 0 Å². The van der Waals surface area contributed by atoms with Crippen molar-refractivity contribution >= 4 is 29.1 Å². The molecule has 0 bridgehead atoms. The lowest BCUT2D eigenvalue weighted by molar-refractivity contribution is 0.428. The molecule has 2 unspecified atom stereocenters. The molecule has 31 heavy (non-hydrogen) atoms. The number of hydrogen-bond donors (Lipinski definition) is 2. The van der Waals surface area contributed by atoms with Crippen LogP contribution in [0.5, 0.6) is 11.5 Å². The summed E-state index contributed by atoms with van der Waals surface area (Å²) in [5.74, 6) is 0.434. The summed E-state index contributed by atoms with van der Waals surface area (Å²) >= 11 is 1.25. The molecule has 4 nitrogen and oxygen atoms in total. The van der Waals surface area contributed by atoms with Gasteiger partial charge in [-0.3, -0.25) is 0 Å². The highest BCUT2D eigenvalue weighted by Crippen LogP contribution is 2.47. The average molecular weight is 490 g/mol. The van der Waals surface area contributed by atoms with Crippen LogP contribution in [0.2, 0.25) is 0 Å². The first-order valence-electron chi connectivity index (χ1n) is 10.5. The fraction of sp³-hybridized carbons (Fsp3) is 0.455. The van der Waals surface area contributed by atoms with Crippen LogP contribution < -0.4 is 9.05 Å². The maximum absolute atomic E-state index is 13.2. The number of unbranched alkanes of at least 4 members (excludes halogenated alkanes) is 4. The highest BCUT2D eigenvalue weighted by Gasteiger charge is 2.17. The molecular weight excluding hydrogens is 460 g/mol. The third-order valence-corrected chi connectivity index (χ3v) is 6.49. The molecule has 0 radical (unpaired) electrons. The summed E-state index contributed by atoms with van der Waals surface area (Å²) in [6, 6.07) is 10.8. The summed E-state index contributed by atoms with van der Waals surface area (Å²) in [7, 11) is -6.14. The summed E-state index contributed by atoms with van der Waals surface area (Å²) in [5, 5.41) is 0. The van der Waals surface area contributed by atoms with Crippen LogP contribution in [0.1, 0.15) is 63.5 Å². The Balaban J connectivity index is 2.34. The lowest BCUT2D eigenvalue weighted by Crippen LogP contribution is -1.93. The molecule has 2 aromatic rings. The van der Waals surface area contributed by atoms with E-state index in [0.29, 0.717) is 9.79 Å². The van der Waals surface area contributed by atoms with E-state index in [4.69, 9.17) is 18.8 Å². The molecule has 0 spiro atoms. The predicted octanol–water partition coefficient (Wildman–Crippen LogP) is 8.44. The van der Waals surface area contributed by atoms with Gasteiger partial charge in [-0.15, -0.1) is 8.39 Å². The summed E-state index contributed by atoms with van der Waals surface area (Å²) < 4.78 is 36.5. The first-order chi connectivity index (χ1) is 14.9. The molecule has 2 N–H and O–H groups in total. The predicted molar refractivity (Wildman–Crippen MR) is 125 cm³/mol. The van der Waals surface area contributed by atoms with Crippen molar-refractivity contribution in [2.24, 2.45) is 0 Å². The van der Waals surface area contributed by atoms with E-state index in [1.165, 1.54) is 11.8 Å². The Morgan fingerprint density at radius 3 is 1.52 bits per heavy atom. The van der Waals surface area contributed by atoms with Crippen LogP contribution in [0.25, 0.3) is 0 Å². The largest absolute Gasteiger partial charge is 0.436 e. The highest BCUT2D eigenvalue weighted by molar-refractivity contribution is 7.99. The van der Waals surface area contributed by atoms with E-state index < -0.39 is 17.4 Å². The van der Waals surface area contributed by atoms with Crippen LogP contribution in [0, 0.1) is 0 Å². The van der Waals surface area contributed by atoms with E-state index in [9.17, 15) is 8.39 Å². The Hall–Kier alpha value is -0.970. The third-order valence-electron chi connectivity index (χ3n) is 4.72. The maximum atomic E-state index is 13.2. The lowest BCUT2D eigenvalue weighted by Gasteiger charge is -2.15. The number of rotatable bonds is 14. The van der Waals surface area contributed by atoms with E-state index in [-0.39, 0.29) is 11.5 Å². The summed E-state index contributed by atoms with van der Waals surface area (Å²) in [4.78, 5) is 19.5. The van der Waals surface area contributed by atoms with Crippen LogP contribution in [0.4, 0.5) is 8.39 Å². The van der Waals surface area contributed by atoms with Crippen molar-refractivity contribution in [2.75, 3.05) is 0 Å². The van der Waals surface area contributed by atoms with E-state index in [1.807, 2.05) is 24.3 Å². The van der Waals surface area contributed by atoms with Crippen molar-refractivity contribution in [3.05, 3.63) is 47.5 Å². The second kappa shape index (κ2) is 14.2. The number of hydrogen-bond acceptors (Lipinski definition) is 5. The van der Waals surface area contributed by atoms with Gasteiger partial charge < -0.3 is 18.8 Å². The van der Waals surface area contributed by atoms with Gasteiger partial charge in [-0.2, -0.15) is 0 Å². The Kier molecular flexibility index (Phi) is 12.1. The Labute approximate surface area is 190 Å². The molecule has 2 aromatic carbocycles. The zero-order valence-corrected chi connectivity index (χ0v) is 20.5. The van der Waals surface area contributed by atoms with Crippen LogP contribution in [0.15, 0.2) is 46.2 Å². The van der Waals surface area contributed by atoms with E-state index in [2.05, 4.69) is 13.8 Å². The summed E-state index contributed by atoms with van der Waals surface area (Å²) in [5.41, 5.74) is 2.14. The molecule has 0 aliphatic carbocycles. The van der Waals surface area contributed by atoms with Crippen LogP contribution in [-0.4, -0.2) is 9.79 Å². The van der Waals surface area contributed by atoms with Crippen LogP contribution in [-0.2, 0) is 12.8 Å². The molecule has 172 valence electrons. The summed E-state index contributed by atoms with van der Waals surface area (Å²) in [6.07, 6.45) is 8.26. The van der Waals surface area contributed by atoms with E-state index in [0.717, 1.165) is 62.5 Å². The topological polar surface area (TPSA) is 58.9 Å². The zero-order chi connectivity index (χ0) is 22.6. The Morgan fingerprint density at radius 2 is 1.16 bits per heavy atom. The second-order valence-electron chi connectivity index (χ2n) is 7.21. The Bertz CT molecular complexity index is 744. The van der Waals surface area contributed by atoms with Gasteiger partial charge in [0.25, 0.3) is 0 Å². The van der Waals surface area contributed by atoms with Gasteiger partial charge >= 0.3 is 17.4 Å². The minimum atomic E-state index is -3.07. The van der Waals surface area contributed by atoms with Gasteiger partial charge in [-0.25, -0.2) is 0 Å². The molecule has 0 heterocycles. The normalized spacial score (nSPS) is 13.1. The molecule has 0 fully saturated rings. The number of halogens is 2. The Morgan fingerprint density at radius 1 is 0.742 bits per heavy atom. The summed E-state index contributed by atoms with van der Waals surface area (Å²) in [6.45, 7) is 4.28. The molecule has 0 saturated carbocycles. The highest BCUT2D eigenvalue weighted by atomic mass is 32.2. The molecule has 0 aliphatic heterocycles. The SMILES string of the molecule is CCCCCc1ccc(OP(O)F)c(Sc2cc(CCCCC)ccc2OP(O)F)c1. The van der Waals surface area contributed by atoms with Gasteiger partial charge in [0.15, 0.2) is 0 Å². The van der Waals surface area contributed by atoms with Crippen molar-refractivity contribution < 1.29 is 27.2 Å². The molecular formula is C22H30F2O4P2S.